The molecule has 2 N–H and O–H groups in total. The van der Waals surface area contributed by atoms with E-state index in [0.29, 0.717) is 13.0 Å². The highest BCUT2D eigenvalue weighted by Crippen LogP contribution is 2.18. The van der Waals surface area contributed by atoms with E-state index in [-0.39, 0.29) is 11.8 Å². The van der Waals surface area contributed by atoms with Crippen molar-refractivity contribution in [3.05, 3.63) is 51.7 Å². The van der Waals surface area contributed by atoms with Crippen LogP contribution in [0.5, 0.6) is 0 Å². The van der Waals surface area contributed by atoms with Crippen molar-refractivity contribution in [1.82, 2.24) is 4.90 Å². The highest BCUT2D eigenvalue weighted by Gasteiger charge is 2.25. The summed E-state index contributed by atoms with van der Waals surface area (Å²) in [4.78, 5) is 27.9. The molecule has 0 unspecified atom stereocenters. The Balaban J connectivity index is 1.46. The molecule has 0 bridgehead atoms. The van der Waals surface area contributed by atoms with E-state index in [1.807, 2.05) is 53.8 Å². The van der Waals surface area contributed by atoms with Crippen LogP contribution >= 0.6 is 11.3 Å². The van der Waals surface area contributed by atoms with Gasteiger partial charge in [-0.3, -0.25) is 9.59 Å². The van der Waals surface area contributed by atoms with Gasteiger partial charge in [-0.1, -0.05) is 18.2 Å². The fourth-order valence-corrected chi connectivity index (χ4v) is 4.02. The van der Waals surface area contributed by atoms with Crippen LogP contribution in [0.15, 0.2) is 35.0 Å². The topological polar surface area (TPSA) is 53.9 Å². The van der Waals surface area contributed by atoms with E-state index in [4.69, 9.17) is 0 Å². The first-order chi connectivity index (χ1) is 12.5. The van der Waals surface area contributed by atoms with Crippen molar-refractivity contribution in [1.29, 1.82) is 0 Å². The van der Waals surface area contributed by atoms with Gasteiger partial charge in [0, 0.05) is 5.69 Å². The van der Waals surface area contributed by atoms with Crippen molar-refractivity contribution >= 4 is 28.8 Å². The van der Waals surface area contributed by atoms with Crippen LogP contribution in [-0.2, 0) is 16.0 Å². The number of para-hydroxylation sites is 1. The van der Waals surface area contributed by atoms with E-state index in [0.717, 1.165) is 48.6 Å². The van der Waals surface area contributed by atoms with Gasteiger partial charge in [0.1, 0.15) is 0 Å². The summed E-state index contributed by atoms with van der Waals surface area (Å²) in [7, 11) is 0. The van der Waals surface area contributed by atoms with Crippen molar-refractivity contribution in [3.8, 4) is 0 Å². The Morgan fingerprint density at radius 2 is 1.85 bits per heavy atom. The SMILES string of the molecule is Cc1cccc(C)c1NC(=O)C[NH+]1CCN(C(=O)Cc2ccsc2)CC1. The van der Waals surface area contributed by atoms with E-state index >= 15 is 0 Å². The first-order valence-electron chi connectivity index (χ1n) is 9.01. The number of hydrogen-bond acceptors (Lipinski definition) is 3. The lowest BCUT2D eigenvalue weighted by Crippen LogP contribution is -3.15. The van der Waals surface area contributed by atoms with Gasteiger partial charge in [0.2, 0.25) is 5.91 Å². The van der Waals surface area contributed by atoms with Crippen molar-refractivity contribution < 1.29 is 14.5 Å². The lowest BCUT2D eigenvalue weighted by Gasteiger charge is -2.32. The molecule has 0 aliphatic carbocycles. The minimum absolute atomic E-state index is 0.0375. The molecule has 2 amide bonds. The van der Waals surface area contributed by atoms with Crippen molar-refractivity contribution in [3.63, 3.8) is 0 Å². The van der Waals surface area contributed by atoms with Gasteiger partial charge in [0.25, 0.3) is 5.91 Å². The molecule has 5 nitrogen and oxygen atoms in total. The van der Waals surface area contributed by atoms with Crippen LogP contribution in [0.25, 0.3) is 0 Å². The number of amides is 2. The first kappa shape index (κ1) is 18.6. The van der Waals surface area contributed by atoms with Gasteiger partial charge in [0.05, 0.1) is 32.6 Å². The predicted molar refractivity (Wildman–Crippen MR) is 105 cm³/mol. The Kier molecular flexibility index (Phi) is 6.06. The summed E-state index contributed by atoms with van der Waals surface area (Å²) in [6.45, 7) is 7.52. The molecule has 1 aromatic carbocycles. The zero-order chi connectivity index (χ0) is 18.5. The molecule has 1 saturated heterocycles. The van der Waals surface area contributed by atoms with Crippen LogP contribution in [0.2, 0.25) is 0 Å². The van der Waals surface area contributed by atoms with Gasteiger partial charge >= 0.3 is 0 Å². The van der Waals surface area contributed by atoms with Gasteiger partial charge in [-0.2, -0.15) is 11.3 Å². The monoisotopic (exact) mass is 372 g/mol. The summed E-state index contributed by atoms with van der Waals surface area (Å²) in [5.74, 6) is 0.220. The number of piperazine rings is 1. The molecule has 2 aromatic rings. The number of benzene rings is 1. The van der Waals surface area contributed by atoms with E-state index in [9.17, 15) is 9.59 Å². The number of carbonyl (C=O) groups excluding carboxylic acids is 2. The molecule has 26 heavy (non-hydrogen) atoms. The average molecular weight is 373 g/mol. The number of rotatable bonds is 5. The second-order valence-electron chi connectivity index (χ2n) is 6.93. The number of hydrogen-bond donors (Lipinski definition) is 2. The lowest BCUT2D eigenvalue weighted by atomic mass is 10.1. The van der Waals surface area contributed by atoms with E-state index < -0.39 is 0 Å². The molecule has 3 rings (SSSR count). The number of nitrogens with one attached hydrogen (secondary N) is 2. The zero-order valence-corrected chi connectivity index (χ0v) is 16.2. The number of nitrogens with zero attached hydrogens (tertiary/aromatic N) is 1. The minimum Gasteiger partial charge on any atom is -0.331 e. The summed E-state index contributed by atoms with van der Waals surface area (Å²) in [5, 5.41) is 7.07. The fraction of sp³-hybridized carbons (Fsp3) is 0.400. The second kappa shape index (κ2) is 8.47. The largest absolute Gasteiger partial charge is 0.331 e. The quantitative estimate of drug-likeness (QED) is 0.831. The maximum Gasteiger partial charge on any atom is 0.279 e. The molecule has 138 valence electrons. The molecule has 1 fully saturated rings. The van der Waals surface area contributed by atoms with Gasteiger partial charge in [0.15, 0.2) is 6.54 Å². The molecule has 2 heterocycles. The third kappa shape index (κ3) is 4.71. The Labute approximate surface area is 158 Å². The van der Waals surface area contributed by atoms with Crippen molar-refractivity contribution in [2.24, 2.45) is 0 Å². The summed E-state index contributed by atoms with van der Waals surface area (Å²) in [6, 6.07) is 8.01. The fourth-order valence-electron chi connectivity index (χ4n) is 3.35. The Morgan fingerprint density at radius 1 is 1.15 bits per heavy atom. The number of thiophene rings is 1. The van der Waals surface area contributed by atoms with Crippen LogP contribution < -0.4 is 10.2 Å². The molecule has 1 aliphatic heterocycles. The summed E-state index contributed by atoms with van der Waals surface area (Å²) in [6.07, 6.45) is 0.478. The predicted octanol–water partition coefficient (Wildman–Crippen LogP) is 1.27. The standard InChI is InChI=1S/C20H25N3O2S/c1-15-4-3-5-16(2)20(15)21-18(24)13-22-7-9-23(10-8-22)19(25)12-17-6-11-26-14-17/h3-6,11,14H,7-10,12-13H2,1-2H3,(H,21,24)/p+1. The normalized spacial score (nSPS) is 15.1. The maximum absolute atomic E-state index is 12.4. The molecule has 0 atom stereocenters. The lowest BCUT2D eigenvalue weighted by molar-refractivity contribution is -0.895. The van der Waals surface area contributed by atoms with Crippen LogP contribution in [0, 0.1) is 13.8 Å². The Hall–Kier alpha value is -2.18. The van der Waals surface area contributed by atoms with Gasteiger partial charge in [-0.15, -0.1) is 0 Å². The molecule has 6 heteroatoms. The Morgan fingerprint density at radius 3 is 2.46 bits per heavy atom. The molecule has 1 aromatic heterocycles. The van der Waals surface area contributed by atoms with Crippen molar-refractivity contribution in [2.75, 3.05) is 38.0 Å². The number of anilines is 1. The molecule has 0 saturated carbocycles. The molecule has 0 radical (unpaired) electrons. The minimum atomic E-state index is 0.0375. The smallest absolute Gasteiger partial charge is 0.279 e. The van der Waals surface area contributed by atoms with E-state index in [2.05, 4.69) is 5.32 Å². The summed E-state index contributed by atoms with van der Waals surface area (Å²) in [5.41, 5.74) is 4.17. The number of quaternary nitrogens is 1. The third-order valence-electron chi connectivity index (χ3n) is 4.91. The molecule has 0 spiro atoms. The number of carbonyl (C=O) groups is 2. The van der Waals surface area contributed by atoms with Crippen LogP contribution in [-0.4, -0.2) is 49.4 Å². The number of aryl methyl sites for hydroxylation is 2. The highest BCUT2D eigenvalue weighted by atomic mass is 32.1. The first-order valence-corrected chi connectivity index (χ1v) is 9.95. The molecular weight excluding hydrogens is 346 g/mol. The van der Waals surface area contributed by atoms with Crippen LogP contribution in [0.3, 0.4) is 0 Å². The molecule has 1 aliphatic rings. The maximum atomic E-state index is 12.4. The zero-order valence-electron chi connectivity index (χ0n) is 15.4. The van der Waals surface area contributed by atoms with Crippen molar-refractivity contribution in [2.45, 2.75) is 20.3 Å². The summed E-state index contributed by atoms with van der Waals surface area (Å²) >= 11 is 1.62. The second-order valence-corrected chi connectivity index (χ2v) is 7.71. The Bertz CT molecular complexity index is 745. The van der Waals surface area contributed by atoms with Gasteiger partial charge in [-0.05, 0) is 47.4 Å². The summed E-state index contributed by atoms with van der Waals surface area (Å²) < 4.78 is 0. The third-order valence-corrected chi connectivity index (χ3v) is 5.65. The van der Waals surface area contributed by atoms with Crippen LogP contribution in [0.1, 0.15) is 16.7 Å². The van der Waals surface area contributed by atoms with Gasteiger partial charge in [-0.25, -0.2) is 0 Å². The highest BCUT2D eigenvalue weighted by molar-refractivity contribution is 7.08. The van der Waals surface area contributed by atoms with Gasteiger partial charge < -0.3 is 15.1 Å². The van der Waals surface area contributed by atoms with E-state index in [1.54, 1.807) is 11.3 Å². The van der Waals surface area contributed by atoms with E-state index in [1.165, 1.54) is 4.90 Å². The van der Waals surface area contributed by atoms with Crippen LogP contribution in [0.4, 0.5) is 5.69 Å². The average Bonchev–Trinajstić information content (AvgIpc) is 3.12. The molecular formula is C20H26N3O2S+.